The van der Waals surface area contributed by atoms with Crippen LogP contribution in [-0.2, 0) is 19.1 Å². The summed E-state index contributed by atoms with van der Waals surface area (Å²) in [4.78, 5) is 20.9. The van der Waals surface area contributed by atoms with Gasteiger partial charge in [0.2, 0.25) is 0 Å². The molecule has 0 atom stereocenters. The van der Waals surface area contributed by atoms with Crippen molar-refractivity contribution in [3.8, 4) is 0 Å². The Morgan fingerprint density at radius 3 is 1.52 bits per heavy atom. The van der Waals surface area contributed by atoms with Gasteiger partial charge >= 0.3 is 81.5 Å². The molecule has 4 nitrogen and oxygen atoms in total. The predicted molar refractivity (Wildman–Crippen MR) is 94.8 cm³/mol. The summed E-state index contributed by atoms with van der Waals surface area (Å²) in [6, 6.07) is 0. The number of hydrogen-bond donors (Lipinski definition) is 2. The quantitative estimate of drug-likeness (QED) is 0.223. The molecule has 0 bridgehead atoms. The molecule has 0 spiro atoms. The molecule has 0 unspecified atom stereocenters. The zero-order chi connectivity index (χ0) is 16.3. The van der Waals surface area contributed by atoms with Gasteiger partial charge in [-0.05, 0) is 0 Å². The predicted octanol–water partition coefficient (Wildman–Crippen LogP) is 3.06. The maximum Gasteiger partial charge on any atom is 0.315 e. The van der Waals surface area contributed by atoms with Gasteiger partial charge in [0.05, 0.1) is 11.5 Å². The molecule has 0 rings (SSSR count). The summed E-state index contributed by atoms with van der Waals surface area (Å²) in [5.74, 6) is -0.804. The Morgan fingerprint density at radius 2 is 1.24 bits per heavy atom. The van der Waals surface area contributed by atoms with E-state index in [0.717, 1.165) is 0 Å². The minimum atomic E-state index is -0.430. The van der Waals surface area contributed by atoms with Crippen LogP contribution >= 0.6 is 25.3 Å². The van der Waals surface area contributed by atoms with Crippen molar-refractivity contribution in [2.24, 2.45) is 0 Å². The van der Waals surface area contributed by atoms with E-state index in [4.69, 9.17) is 0 Å². The molecule has 0 aromatic rings. The van der Waals surface area contributed by atoms with E-state index < -0.39 is 11.9 Å². The molecule has 0 heterocycles. The first kappa shape index (κ1) is 23.7. The summed E-state index contributed by atoms with van der Waals surface area (Å²) >= 11 is 7.51. The van der Waals surface area contributed by atoms with Crippen molar-refractivity contribution in [3.05, 3.63) is 0 Å². The number of rotatable bonds is 11. The molecule has 0 aliphatic carbocycles. The molecule has 0 aliphatic heterocycles. The van der Waals surface area contributed by atoms with Crippen LogP contribution in [0, 0.1) is 0 Å². The van der Waals surface area contributed by atoms with Crippen LogP contribution < -0.4 is 0 Å². The topological polar surface area (TPSA) is 52.6 Å². The van der Waals surface area contributed by atoms with Crippen molar-refractivity contribution < 1.29 is 19.1 Å². The maximum absolute atomic E-state index is 10.5. The van der Waals surface area contributed by atoms with Gasteiger partial charge in [0.15, 0.2) is 0 Å². The Hall–Kier alpha value is 0.439. The Kier molecular flexibility index (Phi) is 23.1. The van der Waals surface area contributed by atoms with Crippen molar-refractivity contribution >= 4 is 58.3 Å². The Labute approximate surface area is 150 Å². The zero-order valence-electron chi connectivity index (χ0n) is 13.1. The first-order chi connectivity index (χ1) is 10.1. The molecule has 0 aliphatic rings. The molecule has 0 aromatic heterocycles. The summed E-state index contributed by atoms with van der Waals surface area (Å²) in [7, 11) is 0. The van der Waals surface area contributed by atoms with Gasteiger partial charge < -0.3 is 9.47 Å². The second-order valence-corrected chi connectivity index (χ2v) is 9.13. The number of unbranched alkanes of at least 4 members (excludes halogenated alkanes) is 2. The molecular formula is C14H28O4S2Sn. The average molecular weight is 443 g/mol. The third kappa shape index (κ3) is 22.8. The Balaban J connectivity index is 0. The van der Waals surface area contributed by atoms with E-state index >= 15 is 0 Å². The van der Waals surface area contributed by atoms with Crippen molar-refractivity contribution in [2.75, 3.05) is 24.7 Å². The number of esters is 2. The minimum Gasteiger partial charge on any atom is -0.461 e. The Morgan fingerprint density at radius 1 is 0.857 bits per heavy atom. The van der Waals surface area contributed by atoms with Crippen molar-refractivity contribution in [1.82, 2.24) is 0 Å². The van der Waals surface area contributed by atoms with Gasteiger partial charge in [0.1, 0.15) is 13.2 Å². The van der Waals surface area contributed by atoms with Gasteiger partial charge in [-0.3, -0.25) is 9.59 Å². The summed E-state index contributed by atoms with van der Waals surface area (Å²) < 4.78 is 12.4. The molecule has 0 aromatic carbocycles. The molecular weight excluding hydrogens is 415 g/mol. The SMILES string of the molecule is CCC[CH2][Sn][CH2]CCC.O=C(CS)OCCOC(=O)CS. The molecule has 0 N–H and O–H groups in total. The minimum absolute atomic E-state index is 0.0283. The molecule has 2 radical (unpaired) electrons. The molecule has 0 saturated carbocycles. The summed E-state index contributed by atoms with van der Waals surface area (Å²) in [5.41, 5.74) is 0. The van der Waals surface area contributed by atoms with E-state index in [1.807, 2.05) is 0 Å². The van der Waals surface area contributed by atoms with E-state index in [9.17, 15) is 9.59 Å². The fourth-order valence-corrected chi connectivity index (χ4v) is 5.47. The first-order valence-electron chi connectivity index (χ1n) is 7.35. The second kappa shape index (κ2) is 20.4. The van der Waals surface area contributed by atoms with Gasteiger partial charge in [-0.25, -0.2) is 0 Å². The van der Waals surface area contributed by atoms with Crippen LogP contribution in [0.15, 0.2) is 0 Å². The van der Waals surface area contributed by atoms with Crippen LogP contribution in [0.2, 0.25) is 8.87 Å². The Bertz CT molecular complexity index is 229. The smallest absolute Gasteiger partial charge is 0.315 e. The number of hydrogen-bond acceptors (Lipinski definition) is 6. The molecule has 0 saturated heterocycles. The number of carbonyl (C=O) groups is 2. The number of thiol groups is 2. The molecule has 124 valence electrons. The third-order valence-corrected chi connectivity index (χ3v) is 6.83. The van der Waals surface area contributed by atoms with E-state index in [2.05, 4.69) is 48.6 Å². The van der Waals surface area contributed by atoms with E-state index in [1.54, 1.807) is 8.87 Å². The average Bonchev–Trinajstić information content (AvgIpc) is 2.51. The fourth-order valence-electron chi connectivity index (χ4n) is 1.13. The first-order valence-corrected chi connectivity index (χ1v) is 12.7. The van der Waals surface area contributed by atoms with Crippen LogP contribution in [0.3, 0.4) is 0 Å². The van der Waals surface area contributed by atoms with Crippen LogP contribution in [-0.4, -0.2) is 57.8 Å². The largest absolute Gasteiger partial charge is 0.461 e. The van der Waals surface area contributed by atoms with E-state index in [1.165, 1.54) is 25.7 Å². The fraction of sp³-hybridized carbons (Fsp3) is 0.857. The van der Waals surface area contributed by atoms with Crippen LogP contribution in [0.25, 0.3) is 0 Å². The number of ether oxygens (including phenoxy) is 2. The summed E-state index contributed by atoms with van der Waals surface area (Å²) in [5, 5.41) is 0. The molecule has 0 amide bonds. The van der Waals surface area contributed by atoms with Crippen molar-refractivity contribution in [1.29, 1.82) is 0 Å². The monoisotopic (exact) mass is 444 g/mol. The standard InChI is InChI=1S/C6H10O4S2.2C4H9.Sn/c7-5(3-11)9-1-2-10-6(8)4-12;2*1-3-4-2;/h11-12H,1-4H2;2*1,3-4H2,2H3;. The zero-order valence-corrected chi connectivity index (χ0v) is 17.7. The maximum atomic E-state index is 10.5. The van der Waals surface area contributed by atoms with Crippen LogP contribution in [0.1, 0.15) is 39.5 Å². The van der Waals surface area contributed by atoms with Gasteiger partial charge in [0, 0.05) is 0 Å². The number of carbonyl (C=O) groups excluding carboxylic acids is 2. The van der Waals surface area contributed by atoms with Crippen LogP contribution in [0.5, 0.6) is 0 Å². The van der Waals surface area contributed by atoms with Crippen molar-refractivity contribution in [3.63, 3.8) is 0 Å². The van der Waals surface area contributed by atoms with Gasteiger partial charge in [-0.1, -0.05) is 0 Å². The second-order valence-electron chi connectivity index (χ2n) is 4.21. The van der Waals surface area contributed by atoms with Crippen molar-refractivity contribution in [2.45, 2.75) is 48.4 Å². The van der Waals surface area contributed by atoms with Gasteiger partial charge in [-0.15, -0.1) is 0 Å². The van der Waals surface area contributed by atoms with E-state index in [-0.39, 0.29) is 45.9 Å². The molecule has 7 heteroatoms. The van der Waals surface area contributed by atoms with Gasteiger partial charge in [0.25, 0.3) is 0 Å². The molecule has 21 heavy (non-hydrogen) atoms. The van der Waals surface area contributed by atoms with Gasteiger partial charge in [-0.2, -0.15) is 25.3 Å². The summed E-state index contributed by atoms with van der Waals surface area (Å²) in [6.45, 7) is 4.72. The van der Waals surface area contributed by atoms with E-state index in [0.29, 0.717) is 0 Å². The normalized spacial score (nSPS) is 9.52. The molecule has 0 fully saturated rings. The third-order valence-electron chi connectivity index (χ3n) is 2.28. The summed E-state index contributed by atoms with van der Waals surface area (Å²) in [6.07, 6.45) is 5.84. The van der Waals surface area contributed by atoms with Crippen LogP contribution in [0.4, 0.5) is 0 Å².